The summed E-state index contributed by atoms with van der Waals surface area (Å²) in [6.07, 6.45) is 2.33. The topological polar surface area (TPSA) is 30.5 Å². The first-order valence-electron chi connectivity index (χ1n) is 7.56. The Morgan fingerprint density at radius 2 is 1.62 bits per heavy atom. The molecule has 110 valence electrons. The van der Waals surface area contributed by atoms with Crippen molar-refractivity contribution in [2.24, 2.45) is 0 Å². The number of aryl methyl sites for hydroxylation is 1. The van der Waals surface area contributed by atoms with Crippen molar-refractivity contribution in [1.82, 2.24) is 0 Å². The molecular formula is C18H21NO2. The van der Waals surface area contributed by atoms with E-state index in [2.05, 4.69) is 42.6 Å². The van der Waals surface area contributed by atoms with Crippen LogP contribution < -0.4 is 14.8 Å². The Morgan fingerprint density at radius 3 is 2.38 bits per heavy atom. The third kappa shape index (κ3) is 3.48. The lowest BCUT2D eigenvalue weighted by atomic mass is 10.1. The number of rotatable bonds is 5. The van der Waals surface area contributed by atoms with Gasteiger partial charge in [0.05, 0.1) is 0 Å². The number of benzene rings is 2. The Hall–Kier alpha value is -2.16. The maximum absolute atomic E-state index is 5.61. The molecule has 1 aliphatic heterocycles. The largest absolute Gasteiger partial charge is 0.486 e. The third-order valence-corrected chi connectivity index (χ3v) is 3.60. The SMILES string of the molecule is CCCc1ccc(NCc2ccc3c(c2)OCCO3)cc1. The van der Waals surface area contributed by atoms with Gasteiger partial charge in [-0.2, -0.15) is 0 Å². The van der Waals surface area contributed by atoms with Crippen LogP contribution in [0.1, 0.15) is 24.5 Å². The van der Waals surface area contributed by atoms with Crippen molar-refractivity contribution in [2.45, 2.75) is 26.3 Å². The van der Waals surface area contributed by atoms with Gasteiger partial charge in [-0.1, -0.05) is 31.5 Å². The Labute approximate surface area is 125 Å². The standard InChI is InChI=1S/C18H21NO2/c1-2-3-14-4-7-16(8-5-14)19-13-15-6-9-17-18(12-15)21-11-10-20-17/h4-9,12,19H,2-3,10-11,13H2,1H3. The van der Waals surface area contributed by atoms with E-state index < -0.39 is 0 Å². The fourth-order valence-corrected chi connectivity index (χ4v) is 2.48. The molecule has 2 aromatic rings. The molecule has 1 aliphatic rings. The van der Waals surface area contributed by atoms with Crippen molar-refractivity contribution in [3.8, 4) is 11.5 Å². The van der Waals surface area contributed by atoms with Crippen molar-refractivity contribution in [3.63, 3.8) is 0 Å². The number of hydrogen-bond acceptors (Lipinski definition) is 3. The highest BCUT2D eigenvalue weighted by molar-refractivity contribution is 5.48. The Morgan fingerprint density at radius 1 is 0.905 bits per heavy atom. The molecule has 0 saturated carbocycles. The van der Waals surface area contributed by atoms with Gasteiger partial charge >= 0.3 is 0 Å². The van der Waals surface area contributed by atoms with Crippen molar-refractivity contribution in [2.75, 3.05) is 18.5 Å². The smallest absolute Gasteiger partial charge is 0.161 e. The summed E-state index contributed by atoms with van der Waals surface area (Å²) in [6.45, 7) is 4.25. The number of anilines is 1. The van der Waals surface area contributed by atoms with Crippen molar-refractivity contribution < 1.29 is 9.47 Å². The molecule has 3 rings (SSSR count). The first kappa shape index (κ1) is 13.8. The van der Waals surface area contributed by atoms with Crippen LogP contribution in [0, 0.1) is 0 Å². The summed E-state index contributed by atoms with van der Waals surface area (Å²) in [7, 11) is 0. The molecule has 0 saturated heterocycles. The molecule has 0 aromatic heterocycles. The molecule has 0 radical (unpaired) electrons. The molecule has 3 heteroatoms. The highest BCUT2D eigenvalue weighted by atomic mass is 16.6. The minimum absolute atomic E-state index is 0.628. The highest BCUT2D eigenvalue weighted by Gasteiger charge is 2.11. The van der Waals surface area contributed by atoms with Crippen LogP contribution in [0.25, 0.3) is 0 Å². The van der Waals surface area contributed by atoms with E-state index in [-0.39, 0.29) is 0 Å². The minimum atomic E-state index is 0.628. The zero-order valence-electron chi connectivity index (χ0n) is 12.4. The molecular weight excluding hydrogens is 262 g/mol. The first-order chi connectivity index (χ1) is 10.3. The van der Waals surface area contributed by atoms with E-state index in [4.69, 9.17) is 9.47 Å². The van der Waals surface area contributed by atoms with Gasteiger partial charge in [-0.15, -0.1) is 0 Å². The number of nitrogens with one attached hydrogen (secondary N) is 1. The van der Waals surface area contributed by atoms with Gasteiger partial charge in [-0.25, -0.2) is 0 Å². The molecule has 0 amide bonds. The molecule has 0 aliphatic carbocycles. The second-order valence-electron chi connectivity index (χ2n) is 5.28. The summed E-state index contributed by atoms with van der Waals surface area (Å²) in [4.78, 5) is 0. The van der Waals surface area contributed by atoms with Crippen LogP contribution in [0.5, 0.6) is 11.5 Å². The van der Waals surface area contributed by atoms with Gasteiger partial charge in [0.25, 0.3) is 0 Å². The molecule has 0 unspecified atom stereocenters. The monoisotopic (exact) mass is 283 g/mol. The fourth-order valence-electron chi connectivity index (χ4n) is 2.48. The van der Waals surface area contributed by atoms with E-state index in [1.807, 2.05) is 12.1 Å². The van der Waals surface area contributed by atoms with Gasteiger partial charge in [0, 0.05) is 12.2 Å². The van der Waals surface area contributed by atoms with E-state index in [1.54, 1.807) is 0 Å². The average molecular weight is 283 g/mol. The number of hydrogen-bond donors (Lipinski definition) is 1. The second-order valence-corrected chi connectivity index (χ2v) is 5.28. The van der Waals surface area contributed by atoms with Gasteiger partial charge in [-0.3, -0.25) is 0 Å². The lowest BCUT2D eigenvalue weighted by Crippen LogP contribution is -2.15. The van der Waals surface area contributed by atoms with Crippen molar-refractivity contribution >= 4 is 5.69 Å². The minimum Gasteiger partial charge on any atom is -0.486 e. The highest BCUT2D eigenvalue weighted by Crippen LogP contribution is 2.30. The summed E-state index contributed by atoms with van der Waals surface area (Å²) < 4.78 is 11.1. The molecule has 0 bridgehead atoms. The average Bonchev–Trinajstić information content (AvgIpc) is 2.54. The van der Waals surface area contributed by atoms with Gasteiger partial charge in [0.1, 0.15) is 13.2 Å². The quantitative estimate of drug-likeness (QED) is 0.899. The maximum atomic E-state index is 5.61. The van der Waals surface area contributed by atoms with Crippen LogP contribution in [0.3, 0.4) is 0 Å². The number of fused-ring (bicyclic) bond motifs is 1. The molecule has 0 fully saturated rings. The third-order valence-electron chi connectivity index (χ3n) is 3.60. The summed E-state index contributed by atoms with van der Waals surface area (Å²) in [6, 6.07) is 14.8. The predicted octanol–water partition coefficient (Wildman–Crippen LogP) is 4.02. The van der Waals surface area contributed by atoms with Gasteiger partial charge in [-0.05, 0) is 41.8 Å². The normalized spacial score (nSPS) is 13.0. The van der Waals surface area contributed by atoms with E-state index >= 15 is 0 Å². The second kappa shape index (κ2) is 6.53. The first-order valence-corrected chi connectivity index (χ1v) is 7.56. The maximum Gasteiger partial charge on any atom is 0.161 e. The predicted molar refractivity (Wildman–Crippen MR) is 85.2 cm³/mol. The lowest BCUT2D eigenvalue weighted by Gasteiger charge is -2.19. The van der Waals surface area contributed by atoms with Crippen LogP contribution in [0.15, 0.2) is 42.5 Å². The Bertz CT molecular complexity index is 593. The van der Waals surface area contributed by atoms with Gasteiger partial charge in [0.2, 0.25) is 0 Å². The molecule has 0 spiro atoms. The summed E-state index contributed by atoms with van der Waals surface area (Å²) in [5, 5.41) is 3.44. The van der Waals surface area contributed by atoms with Crippen LogP contribution in [0.4, 0.5) is 5.69 Å². The van der Waals surface area contributed by atoms with Gasteiger partial charge < -0.3 is 14.8 Å². The van der Waals surface area contributed by atoms with Crippen LogP contribution in [-0.2, 0) is 13.0 Å². The van der Waals surface area contributed by atoms with E-state index in [9.17, 15) is 0 Å². The van der Waals surface area contributed by atoms with Crippen molar-refractivity contribution in [1.29, 1.82) is 0 Å². The van der Waals surface area contributed by atoms with Crippen molar-refractivity contribution in [3.05, 3.63) is 53.6 Å². The molecule has 0 atom stereocenters. The molecule has 1 N–H and O–H groups in total. The van der Waals surface area contributed by atoms with Crippen LogP contribution in [0.2, 0.25) is 0 Å². The molecule has 21 heavy (non-hydrogen) atoms. The van der Waals surface area contributed by atoms with E-state index in [0.717, 1.165) is 30.2 Å². The lowest BCUT2D eigenvalue weighted by molar-refractivity contribution is 0.171. The van der Waals surface area contributed by atoms with Gasteiger partial charge in [0.15, 0.2) is 11.5 Å². The Kier molecular flexibility index (Phi) is 4.29. The Balaban J connectivity index is 1.61. The number of ether oxygens (including phenoxy) is 2. The zero-order valence-corrected chi connectivity index (χ0v) is 12.4. The van der Waals surface area contributed by atoms with Crippen LogP contribution >= 0.6 is 0 Å². The summed E-state index contributed by atoms with van der Waals surface area (Å²) in [5.74, 6) is 1.69. The molecule has 1 heterocycles. The molecule has 3 nitrogen and oxygen atoms in total. The zero-order chi connectivity index (χ0) is 14.5. The fraction of sp³-hybridized carbons (Fsp3) is 0.333. The molecule has 2 aromatic carbocycles. The summed E-state index contributed by atoms with van der Waals surface area (Å²) in [5.41, 5.74) is 3.73. The van der Waals surface area contributed by atoms with Crippen LogP contribution in [-0.4, -0.2) is 13.2 Å². The van der Waals surface area contributed by atoms with E-state index in [0.29, 0.717) is 13.2 Å². The van der Waals surface area contributed by atoms with E-state index in [1.165, 1.54) is 17.5 Å². The summed E-state index contributed by atoms with van der Waals surface area (Å²) >= 11 is 0.